The molecule has 106 valence electrons. The van der Waals surface area contributed by atoms with Crippen LogP contribution in [0.1, 0.15) is 46.0 Å². The summed E-state index contributed by atoms with van der Waals surface area (Å²) in [7, 11) is 0. The second-order valence-corrected chi connectivity index (χ2v) is 5.23. The van der Waals surface area contributed by atoms with E-state index in [0.29, 0.717) is 18.5 Å². The SMILES string of the molecule is C/C=C/CCCCC1=C(C)C(=O)N2CC[C@@H](O)[C@H]2O1. The molecule has 0 radical (unpaired) electrons. The Morgan fingerprint density at radius 1 is 1.47 bits per heavy atom. The molecule has 1 fully saturated rings. The van der Waals surface area contributed by atoms with Crippen molar-refractivity contribution in [2.24, 2.45) is 0 Å². The number of nitrogens with zero attached hydrogens (tertiary/aromatic N) is 1. The molecule has 2 aliphatic rings. The summed E-state index contributed by atoms with van der Waals surface area (Å²) in [6.45, 7) is 4.44. The van der Waals surface area contributed by atoms with Crippen LogP contribution >= 0.6 is 0 Å². The summed E-state index contributed by atoms with van der Waals surface area (Å²) in [4.78, 5) is 13.8. The quantitative estimate of drug-likeness (QED) is 0.613. The first-order chi connectivity index (χ1) is 9.15. The molecular weight excluding hydrogens is 242 g/mol. The number of hydrogen-bond acceptors (Lipinski definition) is 3. The van der Waals surface area contributed by atoms with Gasteiger partial charge in [0.1, 0.15) is 11.9 Å². The average Bonchev–Trinajstić information content (AvgIpc) is 2.77. The van der Waals surface area contributed by atoms with Gasteiger partial charge in [-0.3, -0.25) is 4.79 Å². The lowest BCUT2D eigenvalue weighted by atomic mass is 10.1. The van der Waals surface area contributed by atoms with Crippen molar-refractivity contribution < 1.29 is 14.6 Å². The predicted molar refractivity (Wildman–Crippen MR) is 73.2 cm³/mol. The standard InChI is InChI=1S/C15H23NO3/c1-3-4-5-6-7-8-13-11(2)14(18)16-10-9-12(17)15(16)19-13/h3-4,12,15,17H,5-10H2,1-2H3/b4-3+/t12-,15-/m1/s1. The second-order valence-electron chi connectivity index (χ2n) is 5.23. The van der Waals surface area contributed by atoms with E-state index in [2.05, 4.69) is 12.2 Å². The van der Waals surface area contributed by atoms with Crippen molar-refractivity contribution in [3.05, 3.63) is 23.5 Å². The highest BCUT2D eigenvalue weighted by Gasteiger charge is 2.42. The number of aliphatic hydroxyl groups excluding tert-OH is 1. The first-order valence-electron chi connectivity index (χ1n) is 7.11. The Labute approximate surface area is 114 Å². The Hall–Kier alpha value is -1.29. The van der Waals surface area contributed by atoms with E-state index < -0.39 is 12.3 Å². The van der Waals surface area contributed by atoms with E-state index in [9.17, 15) is 9.90 Å². The second kappa shape index (κ2) is 6.24. The van der Waals surface area contributed by atoms with Crippen LogP contribution in [0.2, 0.25) is 0 Å². The molecule has 2 aliphatic heterocycles. The van der Waals surface area contributed by atoms with Crippen LogP contribution in [-0.4, -0.2) is 34.8 Å². The van der Waals surface area contributed by atoms with Crippen LogP contribution in [0, 0.1) is 0 Å². The number of aliphatic hydroxyl groups is 1. The molecule has 0 spiro atoms. The van der Waals surface area contributed by atoms with E-state index in [4.69, 9.17) is 4.74 Å². The summed E-state index contributed by atoms with van der Waals surface area (Å²) in [5, 5.41) is 9.84. The fraction of sp³-hybridized carbons (Fsp3) is 0.667. The zero-order valence-corrected chi connectivity index (χ0v) is 11.8. The number of hydrogen-bond donors (Lipinski definition) is 1. The third kappa shape index (κ3) is 3.00. The first kappa shape index (κ1) is 14.1. The Morgan fingerprint density at radius 2 is 2.26 bits per heavy atom. The highest BCUT2D eigenvalue weighted by Crippen LogP contribution is 2.31. The fourth-order valence-corrected chi connectivity index (χ4v) is 2.64. The first-order valence-corrected chi connectivity index (χ1v) is 7.11. The zero-order chi connectivity index (χ0) is 13.8. The van der Waals surface area contributed by atoms with Crippen LogP contribution in [-0.2, 0) is 9.53 Å². The summed E-state index contributed by atoms with van der Waals surface area (Å²) in [6.07, 6.45) is 7.76. The van der Waals surface area contributed by atoms with Crippen molar-refractivity contribution in [3.63, 3.8) is 0 Å². The fourth-order valence-electron chi connectivity index (χ4n) is 2.64. The lowest BCUT2D eigenvalue weighted by Crippen LogP contribution is -2.45. The number of amides is 1. The Bertz CT molecular complexity index is 400. The Kier molecular flexibility index (Phi) is 4.64. The molecule has 0 unspecified atom stereocenters. The van der Waals surface area contributed by atoms with Gasteiger partial charge in [-0.1, -0.05) is 12.2 Å². The van der Waals surface area contributed by atoms with Gasteiger partial charge in [-0.15, -0.1) is 0 Å². The van der Waals surface area contributed by atoms with Crippen molar-refractivity contribution >= 4 is 5.91 Å². The summed E-state index contributed by atoms with van der Waals surface area (Å²) >= 11 is 0. The highest BCUT2D eigenvalue weighted by atomic mass is 16.5. The van der Waals surface area contributed by atoms with Crippen molar-refractivity contribution in [2.45, 2.75) is 58.3 Å². The van der Waals surface area contributed by atoms with Gasteiger partial charge < -0.3 is 14.7 Å². The molecule has 2 rings (SSSR count). The summed E-state index contributed by atoms with van der Waals surface area (Å²) in [6, 6.07) is 0. The smallest absolute Gasteiger partial charge is 0.255 e. The van der Waals surface area contributed by atoms with Gasteiger partial charge in [0.25, 0.3) is 5.91 Å². The van der Waals surface area contributed by atoms with Gasteiger partial charge in [0.15, 0.2) is 6.23 Å². The third-order valence-corrected chi connectivity index (χ3v) is 3.83. The molecule has 2 atom stereocenters. The van der Waals surface area contributed by atoms with E-state index in [0.717, 1.165) is 31.4 Å². The maximum atomic E-state index is 12.2. The average molecular weight is 265 g/mol. The normalized spacial score (nSPS) is 27.1. The van der Waals surface area contributed by atoms with Crippen LogP contribution in [0.15, 0.2) is 23.5 Å². The van der Waals surface area contributed by atoms with Crippen LogP contribution in [0.3, 0.4) is 0 Å². The van der Waals surface area contributed by atoms with Gasteiger partial charge in [-0.05, 0) is 39.5 Å². The summed E-state index contributed by atoms with van der Waals surface area (Å²) in [5.74, 6) is 0.795. The van der Waals surface area contributed by atoms with E-state index >= 15 is 0 Å². The molecule has 0 saturated carbocycles. The third-order valence-electron chi connectivity index (χ3n) is 3.83. The monoisotopic (exact) mass is 265 g/mol. The largest absolute Gasteiger partial charge is 0.472 e. The molecule has 1 N–H and O–H groups in total. The van der Waals surface area contributed by atoms with Crippen LogP contribution in [0.5, 0.6) is 0 Å². The molecular formula is C15H23NO3. The van der Waals surface area contributed by atoms with Gasteiger partial charge in [0.05, 0.1) is 5.57 Å². The maximum absolute atomic E-state index is 12.2. The number of ether oxygens (including phenoxy) is 1. The maximum Gasteiger partial charge on any atom is 0.255 e. The summed E-state index contributed by atoms with van der Waals surface area (Å²) in [5.41, 5.74) is 0.705. The molecule has 4 heteroatoms. The molecule has 1 amide bonds. The van der Waals surface area contributed by atoms with Crippen LogP contribution in [0.4, 0.5) is 0 Å². The Morgan fingerprint density at radius 3 is 3.00 bits per heavy atom. The number of unbranched alkanes of at least 4 members (excludes halogenated alkanes) is 2. The minimum absolute atomic E-state index is 0.0243. The topological polar surface area (TPSA) is 49.8 Å². The molecule has 0 aromatic rings. The lowest BCUT2D eigenvalue weighted by Gasteiger charge is -2.33. The molecule has 0 bridgehead atoms. The molecule has 2 heterocycles. The molecule has 4 nitrogen and oxygen atoms in total. The number of carbonyl (C=O) groups excluding carboxylic acids is 1. The van der Waals surface area contributed by atoms with Gasteiger partial charge in [0.2, 0.25) is 0 Å². The zero-order valence-electron chi connectivity index (χ0n) is 11.8. The minimum Gasteiger partial charge on any atom is -0.472 e. The lowest BCUT2D eigenvalue weighted by molar-refractivity contribution is -0.145. The molecule has 0 aromatic heterocycles. The number of rotatable bonds is 5. The molecule has 0 aliphatic carbocycles. The van der Waals surface area contributed by atoms with Crippen molar-refractivity contribution in [2.75, 3.05) is 6.54 Å². The van der Waals surface area contributed by atoms with E-state index in [1.54, 1.807) is 4.90 Å². The minimum atomic E-state index is -0.546. The molecule has 19 heavy (non-hydrogen) atoms. The van der Waals surface area contributed by atoms with E-state index in [1.807, 2.05) is 13.8 Å². The van der Waals surface area contributed by atoms with E-state index in [1.165, 1.54) is 0 Å². The van der Waals surface area contributed by atoms with Gasteiger partial charge in [-0.25, -0.2) is 0 Å². The van der Waals surface area contributed by atoms with Crippen molar-refractivity contribution in [1.82, 2.24) is 4.90 Å². The number of fused-ring (bicyclic) bond motifs is 1. The van der Waals surface area contributed by atoms with Crippen molar-refractivity contribution in [3.8, 4) is 0 Å². The summed E-state index contributed by atoms with van der Waals surface area (Å²) < 4.78 is 5.83. The number of allylic oxidation sites excluding steroid dienone is 3. The predicted octanol–water partition coefficient (Wildman–Crippen LogP) is 2.35. The number of carbonyl (C=O) groups is 1. The molecule has 0 aromatic carbocycles. The van der Waals surface area contributed by atoms with Gasteiger partial charge in [0, 0.05) is 13.0 Å². The Balaban J connectivity index is 1.94. The highest BCUT2D eigenvalue weighted by molar-refractivity contribution is 5.94. The van der Waals surface area contributed by atoms with E-state index in [-0.39, 0.29) is 5.91 Å². The van der Waals surface area contributed by atoms with Gasteiger partial charge >= 0.3 is 0 Å². The van der Waals surface area contributed by atoms with Crippen molar-refractivity contribution in [1.29, 1.82) is 0 Å². The molecule has 1 saturated heterocycles. The van der Waals surface area contributed by atoms with Crippen LogP contribution in [0.25, 0.3) is 0 Å². The van der Waals surface area contributed by atoms with Crippen LogP contribution < -0.4 is 0 Å². The van der Waals surface area contributed by atoms with Gasteiger partial charge in [-0.2, -0.15) is 0 Å².